The van der Waals surface area contributed by atoms with Gasteiger partial charge in [-0.1, -0.05) is 0 Å². The lowest BCUT2D eigenvalue weighted by Crippen LogP contribution is -2.08. The van der Waals surface area contributed by atoms with Gasteiger partial charge in [0.2, 0.25) is 0 Å². The average Bonchev–Trinajstić information content (AvgIpc) is 2.16. The first-order chi connectivity index (χ1) is 6.97. The van der Waals surface area contributed by atoms with Crippen molar-refractivity contribution in [2.24, 2.45) is 0 Å². The maximum absolute atomic E-state index is 12.3. The summed E-state index contributed by atoms with van der Waals surface area (Å²) in [5, 5.41) is 17.3. The van der Waals surface area contributed by atoms with Crippen LogP contribution >= 0.6 is 0 Å². The summed E-state index contributed by atoms with van der Waals surface area (Å²) in [4.78, 5) is 13.9. The van der Waals surface area contributed by atoms with Gasteiger partial charge in [0.15, 0.2) is 5.69 Å². The van der Waals surface area contributed by atoms with Crippen LogP contribution in [0.3, 0.4) is 0 Å². The fourth-order valence-electron chi connectivity index (χ4n) is 1.11. The van der Waals surface area contributed by atoms with E-state index in [1.807, 2.05) is 0 Å². The van der Waals surface area contributed by atoms with E-state index >= 15 is 0 Å². The number of hydrogen-bond donors (Lipinski definition) is 1. The number of carboxylic acid groups (broad SMARTS) is 1. The minimum absolute atomic E-state index is 0.181. The van der Waals surface area contributed by atoms with Crippen LogP contribution in [0.15, 0.2) is 6.07 Å². The predicted molar refractivity (Wildman–Crippen MR) is 45.6 cm³/mol. The van der Waals surface area contributed by atoms with Gasteiger partial charge in [-0.2, -0.15) is 5.26 Å². The van der Waals surface area contributed by atoms with Gasteiger partial charge in [-0.3, -0.25) is 0 Å². The summed E-state index contributed by atoms with van der Waals surface area (Å²) in [6.45, 7) is 1.39. The molecule has 0 aliphatic carbocycles. The number of carbonyl (C=O) groups is 1. The molecule has 0 unspecified atom stereocenters. The minimum atomic E-state index is -2.85. The molecule has 0 spiro atoms. The van der Waals surface area contributed by atoms with Gasteiger partial charge >= 0.3 is 5.97 Å². The van der Waals surface area contributed by atoms with E-state index in [2.05, 4.69) is 4.98 Å². The lowest BCUT2D eigenvalue weighted by atomic mass is 10.1. The van der Waals surface area contributed by atoms with Crippen LogP contribution in [0.25, 0.3) is 0 Å². The molecule has 1 rings (SSSR count). The van der Waals surface area contributed by atoms with Crippen molar-refractivity contribution in [1.29, 1.82) is 5.26 Å². The molecule has 1 aromatic rings. The van der Waals surface area contributed by atoms with Crippen molar-refractivity contribution in [3.63, 3.8) is 0 Å². The van der Waals surface area contributed by atoms with E-state index in [0.29, 0.717) is 0 Å². The maximum atomic E-state index is 12.3. The molecule has 15 heavy (non-hydrogen) atoms. The zero-order chi connectivity index (χ0) is 11.6. The molecule has 1 heterocycles. The van der Waals surface area contributed by atoms with Crippen LogP contribution < -0.4 is 0 Å². The van der Waals surface area contributed by atoms with Crippen molar-refractivity contribution in [3.05, 3.63) is 28.6 Å². The van der Waals surface area contributed by atoms with Gasteiger partial charge in [-0.15, -0.1) is 0 Å². The molecule has 0 aliphatic rings. The molecule has 0 saturated carbocycles. The fraction of sp³-hybridized carbons (Fsp3) is 0.222. The van der Waals surface area contributed by atoms with Crippen molar-refractivity contribution >= 4 is 5.97 Å². The third-order valence-electron chi connectivity index (χ3n) is 1.77. The summed E-state index contributed by atoms with van der Waals surface area (Å²) in [5.74, 6) is -1.49. The number of pyridine rings is 1. The van der Waals surface area contributed by atoms with Crippen molar-refractivity contribution in [1.82, 2.24) is 4.98 Å². The molecule has 0 aliphatic heterocycles. The topological polar surface area (TPSA) is 74.0 Å². The van der Waals surface area contributed by atoms with Crippen LogP contribution in [0.2, 0.25) is 0 Å². The Hall–Kier alpha value is -2.03. The molecule has 78 valence electrons. The van der Waals surface area contributed by atoms with Crippen molar-refractivity contribution in [3.8, 4) is 6.07 Å². The number of aryl methyl sites for hydroxylation is 1. The highest BCUT2D eigenvalue weighted by Crippen LogP contribution is 2.21. The van der Waals surface area contributed by atoms with Gasteiger partial charge in [0.05, 0.1) is 5.56 Å². The second kappa shape index (κ2) is 4.00. The van der Waals surface area contributed by atoms with E-state index in [4.69, 9.17) is 10.4 Å². The van der Waals surface area contributed by atoms with E-state index in [0.717, 1.165) is 6.07 Å². The van der Waals surface area contributed by atoms with Crippen LogP contribution in [0.1, 0.15) is 33.7 Å². The number of nitrogens with zero attached hydrogens (tertiary/aromatic N) is 2. The Morgan fingerprint density at radius 1 is 1.67 bits per heavy atom. The Balaban J connectivity index is 3.47. The third-order valence-corrected chi connectivity index (χ3v) is 1.77. The number of hydrogen-bond acceptors (Lipinski definition) is 3. The third kappa shape index (κ3) is 2.07. The Morgan fingerprint density at radius 3 is 2.67 bits per heavy atom. The van der Waals surface area contributed by atoms with Crippen LogP contribution in [0, 0.1) is 18.3 Å². The number of halogens is 2. The van der Waals surface area contributed by atoms with Gasteiger partial charge in [0, 0.05) is 0 Å². The highest BCUT2D eigenvalue weighted by atomic mass is 19.3. The molecule has 0 aromatic carbocycles. The Bertz CT molecular complexity index is 452. The zero-order valence-electron chi connectivity index (χ0n) is 7.66. The van der Waals surface area contributed by atoms with Crippen molar-refractivity contribution in [2.45, 2.75) is 13.3 Å². The highest BCUT2D eigenvalue weighted by Gasteiger charge is 2.19. The Kier molecular flexibility index (Phi) is 2.95. The summed E-state index contributed by atoms with van der Waals surface area (Å²) < 4.78 is 24.6. The first kappa shape index (κ1) is 11.0. The fourth-order valence-corrected chi connectivity index (χ4v) is 1.11. The zero-order valence-corrected chi connectivity index (χ0v) is 7.66. The van der Waals surface area contributed by atoms with Crippen molar-refractivity contribution in [2.75, 3.05) is 0 Å². The second-order valence-electron chi connectivity index (χ2n) is 2.81. The molecule has 1 aromatic heterocycles. The van der Waals surface area contributed by atoms with Crippen LogP contribution in [-0.4, -0.2) is 16.1 Å². The highest BCUT2D eigenvalue weighted by molar-refractivity contribution is 5.88. The molecule has 0 atom stereocenters. The second-order valence-corrected chi connectivity index (χ2v) is 2.81. The lowest BCUT2D eigenvalue weighted by Gasteiger charge is -2.05. The summed E-state index contributed by atoms with van der Waals surface area (Å²) in [6.07, 6.45) is -2.85. The Labute approximate surface area is 83.8 Å². The first-order valence-electron chi connectivity index (χ1n) is 3.90. The molecule has 1 N–H and O–H groups in total. The molecular formula is C9H6F2N2O2. The summed E-state index contributed by atoms with van der Waals surface area (Å²) in [6, 6.07) is 2.63. The number of aromatic carboxylic acids is 1. The largest absolute Gasteiger partial charge is 0.476 e. The molecule has 0 fully saturated rings. The van der Waals surface area contributed by atoms with Crippen molar-refractivity contribution < 1.29 is 18.7 Å². The average molecular weight is 212 g/mol. The molecule has 0 amide bonds. The molecule has 6 heteroatoms. The summed E-state index contributed by atoms with van der Waals surface area (Å²) in [7, 11) is 0. The van der Waals surface area contributed by atoms with Crippen LogP contribution in [0.4, 0.5) is 8.78 Å². The van der Waals surface area contributed by atoms with E-state index in [1.54, 1.807) is 6.07 Å². The number of rotatable bonds is 2. The minimum Gasteiger partial charge on any atom is -0.476 e. The van der Waals surface area contributed by atoms with Crippen LogP contribution in [0.5, 0.6) is 0 Å². The standard InChI is InChI=1S/C9H6F2N2O2/c1-4-2-6(8(10)11)13-7(9(14)15)5(4)3-12/h2,8H,1H3,(H,14,15). The summed E-state index contributed by atoms with van der Waals surface area (Å²) in [5.41, 5.74) is -1.27. The monoisotopic (exact) mass is 212 g/mol. The predicted octanol–water partition coefficient (Wildman–Crippen LogP) is 1.90. The molecule has 0 saturated heterocycles. The molecule has 0 radical (unpaired) electrons. The number of nitriles is 1. The normalized spacial score (nSPS) is 10.1. The summed E-state index contributed by atoms with van der Waals surface area (Å²) >= 11 is 0. The van der Waals surface area contributed by atoms with Gasteiger partial charge in [-0.05, 0) is 18.6 Å². The first-order valence-corrected chi connectivity index (χ1v) is 3.90. The van der Waals surface area contributed by atoms with E-state index in [1.165, 1.54) is 6.92 Å². The Morgan fingerprint density at radius 2 is 2.27 bits per heavy atom. The SMILES string of the molecule is Cc1cc(C(F)F)nc(C(=O)O)c1C#N. The lowest BCUT2D eigenvalue weighted by molar-refractivity contribution is 0.0688. The van der Waals surface area contributed by atoms with E-state index in [-0.39, 0.29) is 11.1 Å². The van der Waals surface area contributed by atoms with Gasteiger partial charge < -0.3 is 5.11 Å². The van der Waals surface area contributed by atoms with E-state index < -0.39 is 23.8 Å². The van der Waals surface area contributed by atoms with Crippen LogP contribution in [-0.2, 0) is 0 Å². The molecular weight excluding hydrogens is 206 g/mol. The molecule has 0 bridgehead atoms. The molecule has 4 nitrogen and oxygen atoms in total. The number of aromatic nitrogens is 1. The smallest absolute Gasteiger partial charge is 0.355 e. The number of carboxylic acids is 1. The van der Waals surface area contributed by atoms with E-state index in [9.17, 15) is 13.6 Å². The van der Waals surface area contributed by atoms with Gasteiger partial charge in [0.25, 0.3) is 6.43 Å². The quantitative estimate of drug-likeness (QED) is 0.812. The van der Waals surface area contributed by atoms with Gasteiger partial charge in [-0.25, -0.2) is 18.6 Å². The maximum Gasteiger partial charge on any atom is 0.355 e. The van der Waals surface area contributed by atoms with Gasteiger partial charge in [0.1, 0.15) is 11.8 Å². The number of alkyl halides is 2.